The lowest BCUT2D eigenvalue weighted by Crippen LogP contribution is -2.32. The van der Waals surface area contributed by atoms with E-state index in [4.69, 9.17) is 23.2 Å². The lowest BCUT2D eigenvalue weighted by molar-refractivity contribution is 0.0948. The molecule has 0 atom stereocenters. The van der Waals surface area contributed by atoms with E-state index in [0.717, 1.165) is 5.56 Å². The van der Waals surface area contributed by atoms with Crippen LogP contribution in [0, 0.1) is 0 Å². The van der Waals surface area contributed by atoms with Gasteiger partial charge in [0.05, 0.1) is 11.4 Å². The number of benzene rings is 2. The average Bonchev–Trinajstić information content (AvgIpc) is 2.61. The van der Waals surface area contributed by atoms with Crippen molar-refractivity contribution in [2.75, 3.05) is 6.54 Å². The first-order valence-corrected chi connectivity index (χ1v) is 9.37. The third kappa shape index (κ3) is 4.31. The number of rotatable bonds is 5. The third-order valence-electron chi connectivity index (χ3n) is 4.15. The van der Waals surface area contributed by atoms with E-state index in [9.17, 15) is 9.59 Å². The van der Waals surface area contributed by atoms with Gasteiger partial charge >= 0.3 is 0 Å². The minimum absolute atomic E-state index is 0.151. The summed E-state index contributed by atoms with van der Waals surface area (Å²) in [6.45, 7) is 4.10. The first-order valence-electron chi connectivity index (χ1n) is 8.61. The molecule has 3 rings (SSSR count). The zero-order valence-corrected chi connectivity index (χ0v) is 16.5. The Morgan fingerprint density at radius 2 is 1.74 bits per heavy atom. The van der Waals surface area contributed by atoms with Crippen LogP contribution >= 0.6 is 23.2 Å². The van der Waals surface area contributed by atoms with E-state index in [1.807, 2.05) is 26.0 Å². The van der Waals surface area contributed by atoms with Crippen LogP contribution in [0.4, 0.5) is 0 Å². The van der Waals surface area contributed by atoms with Gasteiger partial charge in [-0.05, 0) is 50.1 Å². The number of carbonyl (C=O) groups is 1. The molecule has 1 aromatic heterocycles. The molecule has 1 N–H and O–H groups in total. The van der Waals surface area contributed by atoms with Crippen LogP contribution in [-0.2, 0) is 6.42 Å². The molecule has 1 heterocycles. The standard InChI is InChI=1S/C20H19Cl2N3O2/c1-12(2)25-20(27)17-6-4-3-5-16(17)18(24-25)19(26)23-8-7-13-9-14(21)11-15(22)10-13/h3-6,9-12H,7-8H2,1-2H3,(H,23,26). The third-order valence-corrected chi connectivity index (χ3v) is 4.59. The molecule has 0 fully saturated rings. The topological polar surface area (TPSA) is 64.0 Å². The molecule has 1 amide bonds. The summed E-state index contributed by atoms with van der Waals surface area (Å²) in [4.78, 5) is 25.3. The summed E-state index contributed by atoms with van der Waals surface area (Å²) in [5, 5.41) is 9.30. The van der Waals surface area contributed by atoms with Gasteiger partial charge in [0.1, 0.15) is 0 Å². The first-order chi connectivity index (χ1) is 12.9. The van der Waals surface area contributed by atoms with Crippen LogP contribution in [0.25, 0.3) is 10.8 Å². The Hall–Kier alpha value is -2.37. The van der Waals surface area contributed by atoms with Gasteiger partial charge in [-0.25, -0.2) is 4.68 Å². The van der Waals surface area contributed by atoms with E-state index < -0.39 is 0 Å². The van der Waals surface area contributed by atoms with Crippen molar-refractivity contribution in [3.05, 3.63) is 74.1 Å². The van der Waals surface area contributed by atoms with Crippen molar-refractivity contribution in [3.8, 4) is 0 Å². The van der Waals surface area contributed by atoms with Crippen LogP contribution in [0.5, 0.6) is 0 Å². The minimum Gasteiger partial charge on any atom is -0.350 e. The Balaban J connectivity index is 1.85. The zero-order chi connectivity index (χ0) is 19.6. The van der Waals surface area contributed by atoms with Gasteiger partial charge in [-0.15, -0.1) is 0 Å². The number of halogens is 2. The molecule has 0 aliphatic rings. The number of hydrogen-bond acceptors (Lipinski definition) is 3. The fourth-order valence-corrected chi connectivity index (χ4v) is 3.45. The summed E-state index contributed by atoms with van der Waals surface area (Å²) in [6, 6.07) is 12.1. The Labute approximate surface area is 166 Å². The summed E-state index contributed by atoms with van der Waals surface area (Å²) in [6.07, 6.45) is 0.577. The molecular weight excluding hydrogens is 385 g/mol. The normalized spacial score (nSPS) is 11.1. The van der Waals surface area contributed by atoms with Gasteiger partial charge in [0.15, 0.2) is 5.69 Å². The van der Waals surface area contributed by atoms with Crippen LogP contribution in [0.3, 0.4) is 0 Å². The fourth-order valence-electron chi connectivity index (χ4n) is 2.88. The summed E-state index contributed by atoms with van der Waals surface area (Å²) < 4.78 is 1.34. The highest BCUT2D eigenvalue weighted by Gasteiger charge is 2.17. The van der Waals surface area contributed by atoms with Crippen molar-refractivity contribution in [3.63, 3.8) is 0 Å². The molecule has 27 heavy (non-hydrogen) atoms. The smallest absolute Gasteiger partial charge is 0.274 e. The number of carbonyl (C=O) groups excluding carboxylic acids is 1. The molecule has 0 radical (unpaired) electrons. The highest BCUT2D eigenvalue weighted by molar-refractivity contribution is 6.34. The van der Waals surface area contributed by atoms with Gasteiger partial charge in [0.2, 0.25) is 0 Å². The Morgan fingerprint density at radius 1 is 1.11 bits per heavy atom. The van der Waals surface area contributed by atoms with Crippen molar-refractivity contribution in [1.29, 1.82) is 0 Å². The average molecular weight is 404 g/mol. The van der Waals surface area contributed by atoms with Gasteiger partial charge in [-0.1, -0.05) is 41.4 Å². The molecule has 0 aliphatic carbocycles. The maximum absolute atomic E-state index is 12.7. The van der Waals surface area contributed by atoms with E-state index in [0.29, 0.717) is 33.8 Å². The first kappa shape index (κ1) is 19.4. The van der Waals surface area contributed by atoms with E-state index in [2.05, 4.69) is 10.4 Å². The Bertz CT molecular complexity index is 1040. The number of nitrogens with zero attached hydrogens (tertiary/aromatic N) is 2. The van der Waals surface area contributed by atoms with Crippen LogP contribution in [0.2, 0.25) is 10.0 Å². The van der Waals surface area contributed by atoms with Crippen LogP contribution < -0.4 is 10.9 Å². The van der Waals surface area contributed by atoms with Crippen molar-refractivity contribution in [2.45, 2.75) is 26.3 Å². The second-order valence-electron chi connectivity index (χ2n) is 6.52. The largest absolute Gasteiger partial charge is 0.350 e. The maximum Gasteiger partial charge on any atom is 0.274 e. The number of fused-ring (bicyclic) bond motifs is 1. The molecule has 0 unspecified atom stereocenters. The van der Waals surface area contributed by atoms with Crippen LogP contribution in [0.15, 0.2) is 47.3 Å². The van der Waals surface area contributed by atoms with Crippen LogP contribution in [0.1, 0.15) is 35.9 Å². The Morgan fingerprint density at radius 3 is 2.37 bits per heavy atom. The van der Waals surface area contributed by atoms with E-state index >= 15 is 0 Å². The number of nitrogens with one attached hydrogen (secondary N) is 1. The van der Waals surface area contributed by atoms with Crippen molar-refractivity contribution >= 4 is 39.9 Å². The van der Waals surface area contributed by atoms with Gasteiger partial charge in [-0.2, -0.15) is 5.10 Å². The minimum atomic E-state index is -0.325. The molecule has 0 saturated carbocycles. The molecule has 5 nitrogen and oxygen atoms in total. The molecule has 3 aromatic rings. The van der Waals surface area contributed by atoms with Gasteiger partial charge in [0.25, 0.3) is 11.5 Å². The molecule has 2 aromatic carbocycles. The van der Waals surface area contributed by atoms with Crippen molar-refractivity contribution < 1.29 is 4.79 Å². The van der Waals surface area contributed by atoms with E-state index in [1.165, 1.54) is 4.68 Å². The van der Waals surface area contributed by atoms with E-state index in [-0.39, 0.29) is 23.2 Å². The number of hydrogen-bond donors (Lipinski definition) is 1. The second kappa shape index (κ2) is 8.11. The molecule has 7 heteroatoms. The number of amides is 1. The van der Waals surface area contributed by atoms with Gasteiger partial charge in [-0.3, -0.25) is 9.59 Å². The molecular formula is C20H19Cl2N3O2. The monoisotopic (exact) mass is 403 g/mol. The SMILES string of the molecule is CC(C)n1nc(C(=O)NCCc2cc(Cl)cc(Cl)c2)c2ccccc2c1=O. The molecule has 0 bridgehead atoms. The van der Waals surface area contributed by atoms with Crippen molar-refractivity contribution in [1.82, 2.24) is 15.1 Å². The fraction of sp³-hybridized carbons (Fsp3) is 0.250. The lowest BCUT2D eigenvalue weighted by atomic mass is 10.1. The van der Waals surface area contributed by atoms with Gasteiger partial charge < -0.3 is 5.32 Å². The number of aromatic nitrogens is 2. The second-order valence-corrected chi connectivity index (χ2v) is 7.39. The summed E-state index contributed by atoms with van der Waals surface area (Å²) in [5.41, 5.74) is 0.964. The molecule has 0 spiro atoms. The Kier molecular flexibility index (Phi) is 5.82. The predicted molar refractivity (Wildman–Crippen MR) is 109 cm³/mol. The predicted octanol–water partition coefficient (Wildman–Crippen LogP) is 4.26. The highest BCUT2D eigenvalue weighted by atomic mass is 35.5. The maximum atomic E-state index is 12.7. The highest BCUT2D eigenvalue weighted by Crippen LogP contribution is 2.19. The quantitative estimate of drug-likeness (QED) is 0.691. The van der Waals surface area contributed by atoms with Crippen LogP contribution in [-0.4, -0.2) is 22.2 Å². The molecule has 140 valence electrons. The summed E-state index contributed by atoms with van der Waals surface area (Å²) in [7, 11) is 0. The zero-order valence-electron chi connectivity index (χ0n) is 15.0. The van der Waals surface area contributed by atoms with Gasteiger partial charge in [0, 0.05) is 22.0 Å². The summed E-state index contributed by atoms with van der Waals surface area (Å²) in [5.74, 6) is -0.325. The molecule has 0 saturated heterocycles. The van der Waals surface area contributed by atoms with Crippen molar-refractivity contribution in [2.24, 2.45) is 0 Å². The lowest BCUT2D eigenvalue weighted by Gasteiger charge is -2.13. The molecule has 0 aliphatic heterocycles. The summed E-state index contributed by atoms with van der Waals surface area (Å²) >= 11 is 12.0. The van der Waals surface area contributed by atoms with E-state index in [1.54, 1.807) is 30.3 Å².